The van der Waals surface area contributed by atoms with E-state index in [-0.39, 0.29) is 12.1 Å². The van der Waals surface area contributed by atoms with Gasteiger partial charge in [0.2, 0.25) is 0 Å². The predicted molar refractivity (Wildman–Crippen MR) is 71.5 cm³/mol. The van der Waals surface area contributed by atoms with Crippen molar-refractivity contribution in [3.05, 3.63) is 0 Å². The second-order valence-electron chi connectivity index (χ2n) is 5.69. The van der Waals surface area contributed by atoms with Crippen LogP contribution in [-0.2, 0) is 4.74 Å². The number of alkyl carbamates (subject to hydrolysis) is 1. The van der Waals surface area contributed by atoms with Gasteiger partial charge in [-0.25, -0.2) is 4.79 Å². The number of carbonyl (C=O) groups is 1. The van der Waals surface area contributed by atoms with Crippen molar-refractivity contribution in [1.82, 2.24) is 10.2 Å². The Labute approximate surface area is 110 Å². The summed E-state index contributed by atoms with van der Waals surface area (Å²) in [5.74, 6) is 1.72. The minimum absolute atomic E-state index is 0.259. The van der Waals surface area contributed by atoms with Gasteiger partial charge in [0.1, 0.15) is 0 Å². The van der Waals surface area contributed by atoms with Crippen LogP contribution in [-0.4, -0.2) is 43.3 Å². The summed E-state index contributed by atoms with van der Waals surface area (Å²) < 4.78 is 4.97. The van der Waals surface area contributed by atoms with E-state index in [4.69, 9.17) is 4.74 Å². The molecule has 2 rings (SSSR count). The van der Waals surface area contributed by atoms with Crippen molar-refractivity contribution in [2.45, 2.75) is 45.6 Å². The Balaban J connectivity index is 1.82. The lowest BCUT2D eigenvalue weighted by atomic mass is 9.90. The average Bonchev–Trinajstić information content (AvgIpc) is 3.12. The Kier molecular flexibility index (Phi) is 4.87. The van der Waals surface area contributed by atoms with Gasteiger partial charge in [-0.15, -0.1) is 0 Å². The van der Waals surface area contributed by atoms with Crippen LogP contribution in [0.3, 0.4) is 0 Å². The van der Waals surface area contributed by atoms with Crippen molar-refractivity contribution in [2.75, 3.05) is 26.2 Å². The van der Waals surface area contributed by atoms with Crippen LogP contribution in [0.15, 0.2) is 0 Å². The number of rotatable bonds is 5. The van der Waals surface area contributed by atoms with Crippen molar-refractivity contribution in [3.8, 4) is 0 Å². The number of piperidine rings is 1. The molecule has 0 aromatic rings. The Morgan fingerprint density at radius 2 is 2.06 bits per heavy atom. The lowest BCUT2D eigenvalue weighted by Crippen LogP contribution is -2.50. The fourth-order valence-electron chi connectivity index (χ4n) is 3.00. The molecule has 4 nitrogen and oxygen atoms in total. The van der Waals surface area contributed by atoms with Gasteiger partial charge in [0, 0.05) is 19.1 Å². The molecule has 2 fully saturated rings. The lowest BCUT2D eigenvalue weighted by Gasteiger charge is -2.37. The summed E-state index contributed by atoms with van der Waals surface area (Å²) in [6.45, 7) is 7.73. The van der Waals surface area contributed by atoms with E-state index >= 15 is 0 Å². The van der Waals surface area contributed by atoms with Crippen molar-refractivity contribution in [1.29, 1.82) is 0 Å². The largest absolute Gasteiger partial charge is 0.450 e. The molecule has 1 aliphatic heterocycles. The molecule has 2 aliphatic rings. The Morgan fingerprint density at radius 1 is 1.28 bits per heavy atom. The molecule has 4 heteroatoms. The molecule has 0 aromatic carbocycles. The summed E-state index contributed by atoms with van der Waals surface area (Å²) in [6.07, 6.45) is 5.03. The maximum absolute atomic E-state index is 11.5. The van der Waals surface area contributed by atoms with Crippen LogP contribution in [0.2, 0.25) is 0 Å². The molecule has 18 heavy (non-hydrogen) atoms. The molecular weight excluding hydrogens is 228 g/mol. The molecule has 1 saturated heterocycles. The molecule has 0 radical (unpaired) electrons. The van der Waals surface area contributed by atoms with Crippen LogP contribution < -0.4 is 5.32 Å². The number of likely N-dealkylation sites (tertiary alicyclic amines) is 1. The second-order valence-corrected chi connectivity index (χ2v) is 5.69. The normalized spacial score (nSPS) is 29.0. The third-order valence-electron chi connectivity index (χ3n) is 4.02. The van der Waals surface area contributed by atoms with Crippen LogP contribution in [0.1, 0.15) is 39.5 Å². The molecule has 0 bridgehead atoms. The number of hydrogen-bond donors (Lipinski definition) is 1. The van der Waals surface area contributed by atoms with Gasteiger partial charge in [-0.05, 0) is 38.1 Å². The number of carbonyl (C=O) groups excluding carboxylic acids is 1. The minimum atomic E-state index is -0.259. The summed E-state index contributed by atoms with van der Waals surface area (Å²) in [5.41, 5.74) is 0. The number of nitrogens with zero attached hydrogens (tertiary/aromatic N) is 1. The monoisotopic (exact) mass is 254 g/mol. The number of ether oxygens (including phenoxy) is 1. The third kappa shape index (κ3) is 4.16. The van der Waals surface area contributed by atoms with E-state index in [0.717, 1.165) is 31.3 Å². The van der Waals surface area contributed by atoms with Gasteiger partial charge in [0.25, 0.3) is 0 Å². The first-order valence-electron chi connectivity index (χ1n) is 7.36. The molecule has 2 atom stereocenters. The number of amides is 1. The summed E-state index contributed by atoms with van der Waals surface area (Å²) in [5, 5.41) is 3.00. The Morgan fingerprint density at radius 3 is 2.67 bits per heavy atom. The van der Waals surface area contributed by atoms with Crippen molar-refractivity contribution < 1.29 is 9.53 Å². The van der Waals surface area contributed by atoms with Crippen LogP contribution in [0, 0.1) is 11.8 Å². The van der Waals surface area contributed by atoms with E-state index in [1.54, 1.807) is 0 Å². The highest BCUT2D eigenvalue weighted by atomic mass is 16.5. The van der Waals surface area contributed by atoms with Crippen LogP contribution in [0.25, 0.3) is 0 Å². The van der Waals surface area contributed by atoms with Gasteiger partial charge in [0.05, 0.1) is 6.61 Å². The quantitative estimate of drug-likeness (QED) is 0.818. The highest BCUT2D eigenvalue weighted by molar-refractivity contribution is 5.67. The van der Waals surface area contributed by atoms with Crippen LogP contribution >= 0.6 is 0 Å². The SMILES string of the molecule is CCOC(=O)NC1CC(CC2CC2)CN(CC)C1. The van der Waals surface area contributed by atoms with Crippen molar-refractivity contribution in [2.24, 2.45) is 11.8 Å². The zero-order valence-electron chi connectivity index (χ0n) is 11.7. The van der Waals surface area contributed by atoms with E-state index in [0.29, 0.717) is 6.61 Å². The Bertz CT molecular complexity index is 279. The maximum atomic E-state index is 11.5. The fourth-order valence-corrected chi connectivity index (χ4v) is 3.00. The summed E-state index contributed by atoms with van der Waals surface area (Å²) in [6, 6.07) is 0.265. The molecular formula is C14H26N2O2. The van der Waals surface area contributed by atoms with Gasteiger partial charge in [0.15, 0.2) is 0 Å². The zero-order chi connectivity index (χ0) is 13.0. The van der Waals surface area contributed by atoms with E-state index in [1.165, 1.54) is 25.8 Å². The molecule has 0 spiro atoms. The molecule has 1 aliphatic carbocycles. The van der Waals surface area contributed by atoms with Gasteiger partial charge in [-0.2, -0.15) is 0 Å². The maximum Gasteiger partial charge on any atom is 0.407 e. The standard InChI is InChI=1S/C14H26N2O2/c1-3-16-9-12(7-11-5-6-11)8-13(10-16)15-14(17)18-4-2/h11-13H,3-10H2,1-2H3,(H,15,17). The van der Waals surface area contributed by atoms with Gasteiger partial charge in [-0.3, -0.25) is 0 Å². The van der Waals surface area contributed by atoms with Gasteiger partial charge < -0.3 is 15.0 Å². The topological polar surface area (TPSA) is 41.6 Å². The molecule has 1 heterocycles. The van der Waals surface area contributed by atoms with E-state index in [1.807, 2.05) is 6.92 Å². The summed E-state index contributed by atoms with van der Waals surface area (Å²) in [4.78, 5) is 13.9. The van der Waals surface area contributed by atoms with Crippen molar-refractivity contribution in [3.63, 3.8) is 0 Å². The number of hydrogen-bond acceptors (Lipinski definition) is 3. The Hall–Kier alpha value is -0.770. The lowest BCUT2D eigenvalue weighted by molar-refractivity contribution is 0.116. The fraction of sp³-hybridized carbons (Fsp3) is 0.929. The van der Waals surface area contributed by atoms with E-state index in [2.05, 4.69) is 17.1 Å². The highest BCUT2D eigenvalue weighted by Gasteiger charge is 2.32. The highest BCUT2D eigenvalue weighted by Crippen LogP contribution is 2.37. The van der Waals surface area contributed by atoms with Crippen molar-refractivity contribution >= 4 is 6.09 Å². The number of likely N-dealkylation sites (N-methyl/N-ethyl adjacent to an activating group) is 1. The summed E-state index contributed by atoms with van der Waals surface area (Å²) in [7, 11) is 0. The first kappa shape index (κ1) is 13.7. The molecule has 104 valence electrons. The molecule has 0 aromatic heterocycles. The van der Waals surface area contributed by atoms with Gasteiger partial charge in [-0.1, -0.05) is 19.8 Å². The summed E-state index contributed by atoms with van der Waals surface area (Å²) >= 11 is 0. The minimum Gasteiger partial charge on any atom is -0.450 e. The predicted octanol–water partition coefficient (Wildman–Crippen LogP) is 2.24. The van der Waals surface area contributed by atoms with Gasteiger partial charge >= 0.3 is 6.09 Å². The second kappa shape index (κ2) is 6.41. The van der Waals surface area contributed by atoms with E-state index < -0.39 is 0 Å². The molecule has 1 saturated carbocycles. The van der Waals surface area contributed by atoms with Crippen LogP contribution in [0.4, 0.5) is 4.79 Å². The van der Waals surface area contributed by atoms with E-state index in [9.17, 15) is 4.79 Å². The zero-order valence-corrected chi connectivity index (χ0v) is 11.7. The first-order valence-corrected chi connectivity index (χ1v) is 7.36. The average molecular weight is 254 g/mol. The smallest absolute Gasteiger partial charge is 0.407 e. The molecule has 1 N–H and O–H groups in total. The third-order valence-corrected chi connectivity index (χ3v) is 4.02. The number of nitrogens with one attached hydrogen (secondary N) is 1. The first-order chi connectivity index (χ1) is 8.71. The molecule has 2 unspecified atom stereocenters. The molecule has 1 amide bonds. The van der Waals surface area contributed by atoms with Crippen LogP contribution in [0.5, 0.6) is 0 Å².